The summed E-state index contributed by atoms with van der Waals surface area (Å²) < 4.78 is 37.3. The summed E-state index contributed by atoms with van der Waals surface area (Å²) in [7, 11) is 0. The van der Waals surface area contributed by atoms with Gasteiger partial charge in [0, 0.05) is 33.6 Å². The zero-order valence-electron chi connectivity index (χ0n) is 17.3. The first kappa shape index (κ1) is 26.1. The van der Waals surface area contributed by atoms with E-state index >= 15 is 0 Å². The first-order valence-electron chi connectivity index (χ1n) is 9.21. The third-order valence-electron chi connectivity index (χ3n) is 3.68. The van der Waals surface area contributed by atoms with Crippen LogP contribution in [0.2, 0.25) is 0 Å². The number of esters is 4. The highest BCUT2D eigenvalue weighted by Gasteiger charge is 2.52. The average molecular weight is 455 g/mol. The summed E-state index contributed by atoms with van der Waals surface area (Å²) >= 11 is 5.53. The van der Waals surface area contributed by atoms with Gasteiger partial charge in [-0.15, -0.1) is 11.6 Å². The van der Waals surface area contributed by atoms with E-state index in [0.29, 0.717) is 12.5 Å². The second-order valence-electron chi connectivity index (χ2n) is 6.24. The van der Waals surface area contributed by atoms with Gasteiger partial charge in [-0.3, -0.25) is 19.2 Å². The minimum atomic E-state index is -1.27. The monoisotopic (exact) mass is 454 g/mol. The van der Waals surface area contributed by atoms with Gasteiger partial charge in [0.15, 0.2) is 24.6 Å². The SMILES string of the molecule is CC(=O)OC[C@H]1O[C@@H](OCCOCCCl)[C@H](OC(C)=O)[C@@H](OC(C)=O)[C@@H]1OC(C)=O. The first-order valence-corrected chi connectivity index (χ1v) is 9.75. The van der Waals surface area contributed by atoms with Crippen LogP contribution >= 0.6 is 11.6 Å². The number of hydrogen-bond acceptors (Lipinski definition) is 11. The molecule has 0 aliphatic carbocycles. The standard InChI is InChI=1S/C18H27ClO11/c1-10(20)26-9-14-15(27-11(2)21)16(28-12(3)22)17(29-13(4)23)18(30-14)25-8-7-24-6-5-19/h14-18H,5-9H2,1-4H3/t14-,15-,16+,17-,18-/m1/s1. The second-order valence-corrected chi connectivity index (χ2v) is 6.62. The molecule has 1 heterocycles. The lowest BCUT2D eigenvalue weighted by Gasteiger charge is -2.44. The summed E-state index contributed by atoms with van der Waals surface area (Å²) in [5.74, 6) is -2.42. The van der Waals surface area contributed by atoms with Crippen molar-refractivity contribution in [2.24, 2.45) is 0 Å². The molecule has 0 N–H and O–H groups in total. The normalized spacial score (nSPS) is 25.8. The largest absolute Gasteiger partial charge is 0.463 e. The maximum atomic E-state index is 11.7. The molecule has 5 atom stereocenters. The molecular weight excluding hydrogens is 428 g/mol. The number of carbonyl (C=O) groups is 4. The molecule has 1 saturated heterocycles. The van der Waals surface area contributed by atoms with Crippen LogP contribution in [0.3, 0.4) is 0 Å². The molecule has 1 aliphatic rings. The van der Waals surface area contributed by atoms with Crippen LogP contribution in [0.1, 0.15) is 27.7 Å². The van der Waals surface area contributed by atoms with Crippen LogP contribution in [0.4, 0.5) is 0 Å². The predicted molar refractivity (Wildman–Crippen MR) is 99.4 cm³/mol. The molecule has 30 heavy (non-hydrogen) atoms. The Balaban J connectivity index is 3.13. The smallest absolute Gasteiger partial charge is 0.303 e. The maximum absolute atomic E-state index is 11.7. The fourth-order valence-corrected chi connectivity index (χ4v) is 2.81. The zero-order valence-corrected chi connectivity index (χ0v) is 18.0. The summed E-state index contributed by atoms with van der Waals surface area (Å²) in [5.41, 5.74) is 0. The van der Waals surface area contributed by atoms with Gasteiger partial charge >= 0.3 is 23.9 Å². The van der Waals surface area contributed by atoms with Gasteiger partial charge in [-0.05, 0) is 0 Å². The number of halogens is 1. The minimum absolute atomic E-state index is 0.0324. The van der Waals surface area contributed by atoms with E-state index in [-0.39, 0.29) is 19.8 Å². The van der Waals surface area contributed by atoms with Crippen LogP contribution in [-0.4, -0.2) is 86.9 Å². The molecule has 0 aromatic heterocycles. The van der Waals surface area contributed by atoms with Crippen molar-refractivity contribution in [3.8, 4) is 0 Å². The summed E-state index contributed by atoms with van der Waals surface area (Å²) in [5, 5.41) is 0. The molecule has 172 valence electrons. The van der Waals surface area contributed by atoms with Crippen molar-refractivity contribution in [1.82, 2.24) is 0 Å². The van der Waals surface area contributed by atoms with Crippen molar-refractivity contribution in [3.05, 3.63) is 0 Å². The van der Waals surface area contributed by atoms with Crippen molar-refractivity contribution in [3.63, 3.8) is 0 Å². The molecule has 0 saturated carbocycles. The van der Waals surface area contributed by atoms with Crippen molar-refractivity contribution in [2.75, 3.05) is 32.3 Å². The zero-order chi connectivity index (χ0) is 22.7. The van der Waals surface area contributed by atoms with Crippen LogP contribution in [0.5, 0.6) is 0 Å². The Morgan fingerprint density at radius 2 is 1.33 bits per heavy atom. The van der Waals surface area contributed by atoms with Gasteiger partial charge in [0.25, 0.3) is 0 Å². The molecule has 0 radical (unpaired) electrons. The molecule has 0 bridgehead atoms. The summed E-state index contributed by atoms with van der Waals surface area (Å²) in [6, 6.07) is 0. The topological polar surface area (TPSA) is 133 Å². The van der Waals surface area contributed by atoms with Gasteiger partial charge in [-0.1, -0.05) is 0 Å². The fourth-order valence-electron chi connectivity index (χ4n) is 2.70. The van der Waals surface area contributed by atoms with E-state index in [0.717, 1.165) is 20.8 Å². The predicted octanol–water partition coefficient (Wildman–Crippen LogP) is 0.342. The molecule has 0 aromatic carbocycles. The Kier molecular flexibility index (Phi) is 11.6. The van der Waals surface area contributed by atoms with Gasteiger partial charge in [0.2, 0.25) is 0 Å². The van der Waals surface area contributed by atoms with E-state index in [9.17, 15) is 19.2 Å². The van der Waals surface area contributed by atoms with E-state index < -0.39 is 54.6 Å². The molecule has 12 heteroatoms. The summed E-state index contributed by atoms with van der Waals surface area (Å²) in [6.45, 7) is 4.82. The first-order chi connectivity index (χ1) is 14.1. The van der Waals surface area contributed by atoms with E-state index in [1.165, 1.54) is 6.92 Å². The third kappa shape index (κ3) is 9.24. The average Bonchev–Trinajstić information content (AvgIpc) is 2.63. The van der Waals surface area contributed by atoms with Crippen molar-refractivity contribution < 1.29 is 52.3 Å². The Bertz CT molecular complexity index is 597. The molecule has 11 nitrogen and oxygen atoms in total. The Hall–Kier alpha value is -1.95. The van der Waals surface area contributed by atoms with Crippen LogP contribution in [0.25, 0.3) is 0 Å². The highest BCUT2D eigenvalue weighted by atomic mass is 35.5. The summed E-state index contributed by atoms with van der Waals surface area (Å²) in [6.07, 6.45) is -6.01. The van der Waals surface area contributed by atoms with Crippen molar-refractivity contribution in [2.45, 2.75) is 58.4 Å². The third-order valence-corrected chi connectivity index (χ3v) is 3.83. The van der Waals surface area contributed by atoms with Crippen LogP contribution < -0.4 is 0 Å². The van der Waals surface area contributed by atoms with Gasteiger partial charge in [0.05, 0.1) is 19.8 Å². The lowest BCUT2D eigenvalue weighted by atomic mass is 9.98. The molecular formula is C18H27ClO11. The minimum Gasteiger partial charge on any atom is -0.463 e. The molecule has 0 aromatic rings. The van der Waals surface area contributed by atoms with Gasteiger partial charge in [-0.2, -0.15) is 0 Å². The lowest BCUT2D eigenvalue weighted by Crippen LogP contribution is -2.63. The van der Waals surface area contributed by atoms with E-state index in [4.69, 9.17) is 44.8 Å². The van der Waals surface area contributed by atoms with E-state index in [1.807, 2.05) is 0 Å². The highest BCUT2D eigenvalue weighted by molar-refractivity contribution is 6.17. The van der Waals surface area contributed by atoms with E-state index in [2.05, 4.69) is 0 Å². The van der Waals surface area contributed by atoms with Crippen LogP contribution in [0, 0.1) is 0 Å². The van der Waals surface area contributed by atoms with E-state index in [1.54, 1.807) is 0 Å². The number of rotatable bonds is 11. The lowest BCUT2D eigenvalue weighted by molar-refractivity contribution is -0.309. The Morgan fingerprint density at radius 1 is 0.767 bits per heavy atom. The number of carbonyl (C=O) groups excluding carboxylic acids is 4. The Morgan fingerprint density at radius 3 is 1.87 bits per heavy atom. The molecule has 1 rings (SSSR count). The fraction of sp³-hybridized carbons (Fsp3) is 0.778. The molecule has 1 fully saturated rings. The summed E-state index contributed by atoms with van der Waals surface area (Å²) in [4.78, 5) is 46.2. The van der Waals surface area contributed by atoms with Crippen LogP contribution in [0.15, 0.2) is 0 Å². The van der Waals surface area contributed by atoms with Crippen molar-refractivity contribution in [1.29, 1.82) is 0 Å². The van der Waals surface area contributed by atoms with Gasteiger partial charge in [0.1, 0.15) is 12.7 Å². The Labute approximate surface area is 179 Å². The number of hydrogen-bond donors (Lipinski definition) is 0. The molecule has 0 amide bonds. The second kappa shape index (κ2) is 13.4. The quantitative estimate of drug-likeness (QED) is 0.185. The van der Waals surface area contributed by atoms with Crippen LogP contribution in [-0.2, 0) is 52.3 Å². The number of alkyl halides is 1. The highest BCUT2D eigenvalue weighted by Crippen LogP contribution is 2.29. The molecule has 0 spiro atoms. The van der Waals surface area contributed by atoms with Crippen molar-refractivity contribution >= 4 is 35.5 Å². The van der Waals surface area contributed by atoms with Gasteiger partial charge in [-0.25, -0.2) is 0 Å². The number of ether oxygens (including phenoxy) is 7. The molecule has 0 unspecified atom stereocenters. The van der Waals surface area contributed by atoms with Gasteiger partial charge < -0.3 is 33.2 Å². The molecule has 1 aliphatic heterocycles. The maximum Gasteiger partial charge on any atom is 0.303 e.